The Kier molecular flexibility index (Phi) is 3.99. The van der Waals surface area contributed by atoms with Crippen LogP contribution in [-0.4, -0.2) is 29.4 Å². The maximum atomic E-state index is 12.2. The molecule has 1 saturated heterocycles. The minimum absolute atomic E-state index is 0.0936. The molecule has 0 saturated carbocycles. The van der Waals surface area contributed by atoms with Crippen molar-refractivity contribution < 1.29 is 4.79 Å². The van der Waals surface area contributed by atoms with Gasteiger partial charge in [0.2, 0.25) is 0 Å². The number of nitrogens with one attached hydrogen (secondary N) is 1. The van der Waals surface area contributed by atoms with Crippen LogP contribution >= 0.6 is 11.5 Å². The predicted octanol–water partition coefficient (Wildman–Crippen LogP) is 1.96. The second kappa shape index (κ2) is 5.36. The van der Waals surface area contributed by atoms with Crippen molar-refractivity contribution in [2.45, 2.75) is 33.7 Å². The Hall–Kier alpha value is -1.30. The molecule has 2 unspecified atom stereocenters. The number of hydrogen-bond acceptors (Lipinski definition) is 5. The predicted molar refractivity (Wildman–Crippen MR) is 79.7 cm³/mol. The Bertz CT molecular complexity index is 461. The molecule has 0 spiro atoms. The van der Waals surface area contributed by atoms with E-state index in [0.717, 1.165) is 18.1 Å². The van der Waals surface area contributed by atoms with Gasteiger partial charge in [0, 0.05) is 19.1 Å². The van der Waals surface area contributed by atoms with Gasteiger partial charge in [0.1, 0.15) is 10.6 Å². The highest BCUT2D eigenvalue weighted by atomic mass is 32.1. The zero-order valence-electron chi connectivity index (χ0n) is 11.9. The number of amides is 1. The summed E-state index contributed by atoms with van der Waals surface area (Å²) >= 11 is 1.32. The molecule has 2 atom stereocenters. The summed E-state index contributed by atoms with van der Waals surface area (Å²) in [5, 5.41) is 3.80. The van der Waals surface area contributed by atoms with Gasteiger partial charge in [0.05, 0.1) is 0 Å². The van der Waals surface area contributed by atoms with E-state index in [4.69, 9.17) is 5.73 Å². The molecule has 6 heteroatoms. The van der Waals surface area contributed by atoms with Crippen LogP contribution in [0.4, 0.5) is 10.8 Å². The molecule has 1 aromatic heterocycles. The molecule has 1 aliphatic rings. The Morgan fingerprint density at radius 1 is 1.42 bits per heavy atom. The molecule has 2 rings (SSSR count). The largest absolute Gasteiger partial charge is 0.382 e. The van der Waals surface area contributed by atoms with Crippen LogP contribution in [-0.2, 0) is 0 Å². The fourth-order valence-corrected chi connectivity index (χ4v) is 3.18. The summed E-state index contributed by atoms with van der Waals surface area (Å²) in [5.74, 6) is 1.47. The van der Waals surface area contributed by atoms with Gasteiger partial charge >= 0.3 is 0 Å². The second-order valence-electron chi connectivity index (χ2n) is 5.74. The maximum Gasteiger partial charge on any atom is 0.258 e. The lowest BCUT2D eigenvalue weighted by Crippen LogP contribution is -2.32. The Morgan fingerprint density at radius 2 is 2.00 bits per heavy atom. The van der Waals surface area contributed by atoms with E-state index in [9.17, 15) is 4.79 Å². The molecule has 5 nitrogen and oxygen atoms in total. The van der Waals surface area contributed by atoms with Crippen molar-refractivity contribution in [3.8, 4) is 0 Å². The van der Waals surface area contributed by atoms with Gasteiger partial charge in [-0.15, -0.1) is 0 Å². The lowest BCUT2D eigenvalue weighted by molar-refractivity contribution is 0.0945. The zero-order valence-corrected chi connectivity index (χ0v) is 12.8. The van der Waals surface area contributed by atoms with Crippen molar-refractivity contribution in [2.75, 3.05) is 23.7 Å². The van der Waals surface area contributed by atoms with Gasteiger partial charge in [-0.2, -0.15) is 4.37 Å². The second-order valence-corrected chi connectivity index (χ2v) is 6.49. The molecular weight excluding hydrogens is 260 g/mol. The number of nitrogens with two attached hydrogens (primary N) is 1. The summed E-state index contributed by atoms with van der Waals surface area (Å²) < 4.78 is 4.16. The van der Waals surface area contributed by atoms with Gasteiger partial charge in [-0.05, 0) is 37.2 Å². The first-order valence-corrected chi connectivity index (χ1v) is 7.48. The molecule has 3 N–H and O–H groups in total. The normalized spacial score (nSPS) is 23.1. The number of carbonyl (C=O) groups excluding carboxylic acids is 1. The van der Waals surface area contributed by atoms with Crippen LogP contribution in [0.2, 0.25) is 0 Å². The van der Waals surface area contributed by atoms with Gasteiger partial charge in [0.25, 0.3) is 5.91 Å². The molecule has 1 aromatic rings. The van der Waals surface area contributed by atoms with Crippen LogP contribution in [0.25, 0.3) is 0 Å². The minimum atomic E-state index is -0.122. The van der Waals surface area contributed by atoms with Gasteiger partial charge in [0.15, 0.2) is 5.82 Å². The summed E-state index contributed by atoms with van der Waals surface area (Å²) in [5.41, 5.74) is 6.41. The highest BCUT2D eigenvalue weighted by Crippen LogP contribution is 2.35. The molecule has 2 heterocycles. The quantitative estimate of drug-likeness (QED) is 0.889. The summed E-state index contributed by atoms with van der Waals surface area (Å²) in [7, 11) is 0. The van der Waals surface area contributed by atoms with E-state index in [1.807, 2.05) is 13.8 Å². The average molecular weight is 282 g/mol. The molecule has 19 heavy (non-hydrogen) atoms. The Morgan fingerprint density at radius 3 is 2.53 bits per heavy atom. The van der Waals surface area contributed by atoms with Crippen molar-refractivity contribution in [1.29, 1.82) is 0 Å². The number of nitrogen functional groups attached to an aromatic ring is 1. The van der Waals surface area contributed by atoms with Gasteiger partial charge in [-0.1, -0.05) is 13.8 Å². The maximum absolute atomic E-state index is 12.2. The van der Waals surface area contributed by atoms with Crippen molar-refractivity contribution in [3.63, 3.8) is 0 Å². The van der Waals surface area contributed by atoms with Crippen LogP contribution in [0.3, 0.4) is 0 Å². The lowest BCUT2D eigenvalue weighted by Gasteiger charge is -2.18. The average Bonchev–Trinajstić information content (AvgIpc) is 2.82. The number of rotatable bonds is 3. The van der Waals surface area contributed by atoms with Crippen LogP contribution in [0, 0.1) is 11.8 Å². The van der Waals surface area contributed by atoms with E-state index in [-0.39, 0.29) is 11.9 Å². The fourth-order valence-electron chi connectivity index (χ4n) is 2.35. The SMILES string of the molecule is CC(C)NC(=O)c1c(N)nsc1N1CC(C)C(C)C1. The third kappa shape index (κ3) is 2.83. The van der Waals surface area contributed by atoms with Gasteiger partial charge < -0.3 is 16.0 Å². The first kappa shape index (κ1) is 14.1. The number of hydrogen-bond donors (Lipinski definition) is 2. The molecule has 1 aliphatic heterocycles. The summed E-state index contributed by atoms with van der Waals surface area (Å²) in [6, 6.07) is 0.0936. The standard InChI is InChI=1S/C13H22N4OS/c1-7(2)15-12(18)10-11(14)16-19-13(10)17-5-8(3)9(4)6-17/h7-9H,5-6H2,1-4H3,(H2,14,16)(H,15,18). The van der Waals surface area contributed by atoms with E-state index in [0.29, 0.717) is 23.2 Å². The number of carbonyl (C=O) groups is 1. The summed E-state index contributed by atoms with van der Waals surface area (Å²) in [6.07, 6.45) is 0. The Balaban J connectivity index is 2.25. The van der Waals surface area contributed by atoms with Crippen molar-refractivity contribution in [2.24, 2.45) is 11.8 Å². The van der Waals surface area contributed by atoms with Crippen molar-refractivity contribution >= 4 is 28.3 Å². The summed E-state index contributed by atoms with van der Waals surface area (Å²) in [6.45, 7) is 10.3. The van der Waals surface area contributed by atoms with Crippen LogP contribution in [0.1, 0.15) is 38.1 Å². The topological polar surface area (TPSA) is 71.2 Å². The smallest absolute Gasteiger partial charge is 0.258 e. The van der Waals surface area contributed by atoms with Crippen molar-refractivity contribution in [3.05, 3.63) is 5.56 Å². The number of aromatic nitrogens is 1. The van der Waals surface area contributed by atoms with E-state index in [2.05, 4.69) is 28.4 Å². The van der Waals surface area contributed by atoms with E-state index >= 15 is 0 Å². The Labute approximate surface area is 118 Å². The van der Waals surface area contributed by atoms with E-state index < -0.39 is 0 Å². The number of nitrogens with zero attached hydrogens (tertiary/aromatic N) is 2. The lowest BCUT2D eigenvalue weighted by atomic mass is 10.0. The molecule has 106 valence electrons. The minimum Gasteiger partial charge on any atom is -0.382 e. The fraction of sp³-hybridized carbons (Fsp3) is 0.692. The molecule has 0 radical (unpaired) electrons. The van der Waals surface area contributed by atoms with Crippen LogP contribution < -0.4 is 16.0 Å². The molecule has 0 aliphatic carbocycles. The van der Waals surface area contributed by atoms with Crippen LogP contribution in [0.15, 0.2) is 0 Å². The highest BCUT2D eigenvalue weighted by molar-refractivity contribution is 7.11. The molecule has 1 fully saturated rings. The van der Waals surface area contributed by atoms with Gasteiger partial charge in [-0.3, -0.25) is 4.79 Å². The zero-order chi connectivity index (χ0) is 14.2. The third-order valence-corrected chi connectivity index (χ3v) is 4.55. The van der Waals surface area contributed by atoms with E-state index in [1.54, 1.807) is 0 Å². The number of anilines is 2. The summed E-state index contributed by atoms with van der Waals surface area (Å²) in [4.78, 5) is 14.5. The van der Waals surface area contributed by atoms with Crippen LogP contribution in [0.5, 0.6) is 0 Å². The molecule has 1 amide bonds. The third-order valence-electron chi connectivity index (χ3n) is 3.62. The van der Waals surface area contributed by atoms with E-state index in [1.165, 1.54) is 11.5 Å². The highest BCUT2D eigenvalue weighted by Gasteiger charge is 2.31. The van der Waals surface area contributed by atoms with Gasteiger partial charge in [-0.25, -0.2) is 0 Å². The first-order chi connectivity index (χ1) is 8.90. The van der Waals surface area contributed by atoms with Crippen molar-refractivity contribution in [1.82, 2.24) is 9.69 Å². The first-order valence-electron chi connectivity index (χ1n) is 6.71. The monoisotopic (exact) mass is 282 g/mol. The molecule has 0 aromatic carbocycles. The molecular formula is C13H22N4OS. The molecule has 0 bridgehead atoms.